The summed E-state index contributed by atoms with van der Waals surface area (Å²) >= 11 is 0. The molecule has 0 spiro atoms. The second-order valence-corrected chi connectivity index (χ2v) is 6.90. The number of hydrogen-bond acceptors (Lipinski definition) is 4. The van der Waals surface area contributed by atoms with Gasteiger partial charge in [0.1, 0.15) is 0 Å². The summed E-state index contributed by atoms with van der Waals surface area (Å²) in [6.07, 6.45) is 7.59. The summed E-state index contributed by atoms with van der Waals surface area (Å²) in [5, 5.41) is 9.36. The first-order valence-corrected chi connectivity index (χ1v) is 9.22. The number of unbranched alkanes of at least 4 members (excludes halogenated alkanes) is 1. The largest absolute Gasteiger partial charge is 0.508 e. The normalized spacial score (nSPS) is 20.2. The van der Waals surface area contributed by atoms with Crippen molar-refractivity contribution in [3.8, 4) is 0 Å². The lowest BCUT2D eigenvalue weighted by Gasteiger charge is -2.44. The molecule has 0 aromatic rings. The van der Waals surface area contributed by atoms with Gasteiger partial charge in [-0.3, -0.25) is 0 Å². The van der Waals surface area contributed by atoms with Crippen LogP contribution in [0, 0.1) is 11.8 Å². The summed E-state index contributed by atoms with van der Waals surface area (Å²) in [5.74, 6) is -1.10. The van der Waals surface area contributed by atoms with Crippen LogP contribution < -0.4 is 0 Å². The molecule has 0 aliphatic heterocycles. The van der Waals surface area contributed by atoms with E-state index in [0.29, 0.717) is 0 Å². The van der Waals surface area contributed by atoms with Gasteiger partial charge in [0, 0.05) is 11.8 Å². The van der Waals surface area contributed by atoms with E-state index < -0.39 is 11.9 Å². The van der Waals surface area contributed by atoms with Crippen molar-refractivity contribution >= 4 is 6.16 Å². The highest BCUT2D eigenvalue weighted by Gasteiger charge is 2.51. The topological polar surface area (TPSA) is 65.0 Å². The van der Waals surface area contributed by atoms with Gasteiger partial charge in [-0.25, -0.2) is 9.68 Å². The monoisotopic (exact) mass is 330 g/mol. The van der Waals surface area contributed by atoms with Crippen LogP contribution in [0.25, 0.3) is 0 Å². The molecule has 1 fully saturated rings. The van der Waals surface area contributed by atoms with E-state index in [9.17, 15) is 9.90 Å². The van der Waals surface area contributed by atoms with Gasteiger partial charge in [-0.15, -0.1) is 0 Å². The van der Waals surface area contributed by atoms with Crippen molar-refractivity contribution in [3.63, 3.8) is 0 Å². The zero-order chi connectivity index (χ0) is 17.3. The first-order valence-electron chi connectivity index (χ1n) is 9.22. The highest BCUT2D eigenvalue weighted by atomic mass is 17.2. The van der Waals surface area contributed by atoms with Crippen LogP contribution in [-0.4, -0.2) is 23.2 Å². The van der Waals surface area contributed by atoms with Crippen LogP contribution in [0.4, 0.5) is 4.79 Å². The smallest absolute Gasteiger partial charge is 0.450 e. The maximum absolute atomic E-state index is 11.4. The Morgan fingerprint density at radius 1 is 1.22 bits per heavy atom. The van der Waals surface area contributed by atoms with Crippen LogP contribution in [0.5, 0.6) is 0 Å². The Kier molecular flexibility index (Phi) is 8.92. The van der Waals surface area contributed by atoms with Gasteiger partial charge < -0.3 is 9.84 Å². The zero-order valence-corrected chi connectivity index (χ0v) is 15.2. The second-order valence-electron chi connectivity index (χ2n) is 6.90. The van der Waals surface area contributed by atoms with Gasteiger partial charge >= 0.3 is 6.16 Å². The molecule has 5 heteroatoms. The molecule has 136 valence electrons. The van der Waals surface area contributed by atoms with Crippen molar-refractivity contribution in [1.29, 1.82) is 0 Å². The summed E-state index contributed by atoms with van der Waals surface area (Å²) < 4.78 is 5.45. The van der Waals surface area contributed by atoms with Crippen molar-refractivity contribution in [2.75, 3.05) is 0 Å². The summed E-state index contributed by atoms with van der Waals surface area (Å²) in [4.78, 5) is 22.7. The third-order valence-corrected chi connectivity index (χ3v) is 4.76. The molecule has 2 atom stereocenters. The summed E-state index contributed by atoms with van der Waals surface area (Å²) in [7, 11) is 0. The SMILES string of the molecule is CCCCC(CC)C(OOC(C)C)(OC(=O)O)C1CCCCC1. The van der Waals surface area contributed by atoms with E-state index in [1.54, 1.807) is 0 Å². The van der Waals surface area contributed by atoms with Crippen molar-refractivity contribution in [3.05, 3.63) is 0 Å². The first-order chi connectivity index (χ1) is 11.0. The van der Waals surface area contributed by atoms with E-state index in [1.807, 2.05) is 13.8 Å². The van der Waals surface area contributed by atoms with Crippen molar-refractivity contribution in [2.24, 2.45) is 11.8 Å². The molecule has 2 unspecified atom stereocenters. The molecule has 0 saturated heterocycles. The molecule has 1 saturated carbocycles. The predicted molar refractivity (Wildman–Crippen MR) is 89.0 cm³/mol. The van der Waals surface area contributed by atoms with E-state index in [-0.39, 0.29) is 17.9 Å². The highest BCUT2D eigenvalue weighted by Crippen LogP contribution is 2.44. The minimum Gasteiger partial charge on any atom is -0.450 e. The third-order valence-electron chi connectivity index (χ3n) is 4.76. The predicted octanol–water partition coefficient (Wildman–Crippen LogP) is 5.53. The Labute approximate surface area is 140 Å². The van der Waals surface area contributed by atoms with Gasteiger partial charge in [-0.1, -0.05) is 46.0 Å². The van der Waals surface area contributed by atoms with Gasteiger partial charge in [-0.2, -0.15) is 4.89 Å². The van der Waals surface area contributed by atoms with Crippen molar-refractivity contribution in [2.45, 2.75) is 97.4 Å². The van der Waals surface area contributed by atoms with Crippen LogP contribution in [0.2, 0.25) is 0 Å². The summed E-state index contributed by atoms with van der Waals surface area (Å²) in [6, 6.07) is 0. The molecule has 0 aromatic carbocycles. The van der Waals surface area contributed by atoms with E-state index in [1.165, 1.54) is 6.42 Å². The van der Waals surface area contributed by atoms with Crippen molar-refractivity contribution in [1.82, 2.24) is 0 Å². The molecule has 1 aliphatic carbocycles. The zero-order valence-electron chi connectivity index (χ0n) is 15.2. The summed E-state index contributed by atoms with van der Waals surface area (Å²) in [5.41, 5.74) is 0. The fourth-order valence-corrected chi connectivity index (χ4v) is 3.61. The molecule has 5 nitrogen and oxygen atoms in total. The fourth-order valence-electron chi connectivity index (χ4n) is 3.61. The molecule has 0 heterocycles. The number of hydrogen-bond donors (Lipinski definition) is 1. The van der Waals surface area contributed by atoms with Gasteiger partial charge in [0.15, 0.2) is 0 Å². The number of carbonyl (C=O) groups is 1. The molecule has 1 N–H and O–H groups in total. The number of ether oxygens (including phenoxy) is 1. The van der Waals surface area contributed by atoms with Crippen LogP contribution in [0.3, 0.4) is 0 Å². The minimum absolute atomic E-state index is 0.0143. The van der Waals surface area contributed by atoms with E-state index in [4.69, 9.17) is 14.5 Å². The Morgan fingerprint density at radius 2 is 1.87 bits per heavy atom. The molecule has 23 heavy (non-hydrogen) atoms. The van der Waals surface area contributed by atoms with Gasteiger partial charge in [0.2, 0.25) is 0 Å². The average molecular weight is 330 g/mol. The molecular formula is C18H34O5. The number of carboxylic acid groups (broad SMARTS) is 1. The van der Waals surface area contributed by atoms with Crippen LogP contribution >= 0.6 is 0 Å². The van der Waals surface area contributed by atoms with E-state index in [2.05, 4.69) is 13.8 Å². The second kappa shape index (κ2) is 10.1. The maximum atomic E-state index is 11.4. The van der Waals surface area contributed by atoms with Gasteiger partial charge in [0.05, 0.1) is 6.10 Å². The molecule has 0 amide bonds. The van der Waals surface area contributed by atoms with E-state index >= 15 is 0 Å². The molecule has 0 radical (unpaired) electrons. The molecular weight excluding hydrogens is 296 g/mol. The average Bonchev–Trinajstić information content (AvgIpc) is 2.53. The molecule has 0 aromatic heterocycles. The highest BCUT2D eigenvalue weighted by molar-refractivity contribution is 5.57. The lowest BCUT2D eigenvalue weighted by molar-refractivity contribution is -0.460. The quantitative estimate of drug-likeness (QED) is 0.247. The molecule has 0 bridgehead atoms. The van der Waals surface area contributed by atoms with Crippen LogP contribution in [-0.2, 0) is 14.5 Å². The third kappa shape index (κ3) is 5.96. The Balaban J connectivity index is 3.09. The van der Waals surface area contributed by atoms with Gasteiger partial charge in [-0.05, 0) is 39.5 Å². The Hall–Kier alpha value is -0.810. The van der Waals surface area contributed by atoms with Crippen LogP contribution in [0.1, 0.15) is 85.5 Å². The maximum Gasteiger partial charge on any atom is 0.508 e. The lowest BCUT2D eigenvalue weighted by atomic mass is 9.75. The Bertz CT molecular complexity index is 338. The molecule has 1 aliphatic rings. The standard InChI is InChI=1S/C18H34O5/c1-5-7-11-15(6-2)18(21-17(19)20,23-22-14(3)4)16-12-9-8-10-13-16/h14-16H,5-13H2,1-4H3,(H,19,20). The van der Waals surface area contributed by atoms with E-state index in [0.717, 1.165) is 51.4 Å². The lowest BCUT2D eigenvalue weighted by Crippen LogP contribution is -2.52. The fraction of sp³-hybridized carbons (Fsp3) is 0.944. The summed E-state index contributed by atoms with van der Waals surface area (Å²) in [6.45, 7) is 7.96. The minimum atomic E-state index is -1.28. The molecule has 1 rings (SSSR count). The van der Waals surface area contributed by atoms with Crippen molar-refractivity contribution < 1.29 is 24.4 Å². The van der Waals surface area contributed by atoms with Gasteiger partial charge in [0.25, 0.3) is 5.79 Å². The Morgan fingerprint density at radius 3 is 2.35 bits per heavy atom. The van der Waals surface area contributed by atoms with Crippen LogP contribution in [0.15, 0.2) is 0 Å². The first kappa shape index (κ1) is 20.2. The number of rotatable bonds is 10.